The molecule has 2 aromatic rings. The number of hydrogen-bond acceptors (Lipinski definition) is 4. The summed E-state index contributed by atoms with van der Waals surface area (Å²) in [6.45, 7) is 2.54. The number of rotatable bonds is 4. The number of benzene rings is 1. The van der Waals surface area contributed by atoms with Gasteiger partial charge in [-0.15, -0.1) is 0 Å². The third kappa shape index (κ3) is 2.66. The van der Waals surface area contributed by atoms with E-state index in [0.29, 0.717) is 18.3 Å². The van der Waals surface area contributed by atoms with Crippen molar-refractivity contribution in [1.82, 2.24) is 4.90 Å². The molecule has 1 aromatic carbocycles. The van der Waals surface area contributed by atoms with Gasteiger partial charge in [0.15, 0.2) is 0 Å². The number of ether oxygens (including phenoxy) is 1. The summed E-state index contributed by atoms with van der Waals surface area (Å²) >= 11 is 0. The summed E-state index contributed by atoms with van der Waals surface area (Å²) in [5.41, 5.74) is 3.66. The monoisotopic (exact) mass is 299 g/mol. The van der Waals surface area contributed by atoms with Crippen LogP contribution in [0, 0.1) is 6.92 Å². The maximum atomic E-state index is 11.6. The molecule has 0 saturated heterocycles. The standard InChI is InChI=1S/C18H21NO3/c1-12-10-14(22-17(12)18(20)21-3)11-19(2)16-9-8-13-6-4-5-7-15(13)16/h4-7,10,16H,8-9,11H2,1-3H3/t16-/m1/s1. The Balaban J connectivity index is 1.76. The molecule has 0 aliphatic heterocycles. The SMILES string of the molecule is COC(=O)c1oc(CN(C)[C@@H]2CCc3ccccc32)cc1C. The maximum absolute atomic E-state index is 11.6. The molecular weight excluding hydrogens is 278 g/mol. The fourth-order valence-corrected chi connectivity index (χ4v) is 3.27. The highest BCUT2D eigenvalue weighted by Crippen LogP contribution is 2.35. The molecule has 1 heterocycles. The van der Waals surface area contributed by atoms with E-state index in [2.05, 4.69) is 36.2 Å². The van der Waals surface area contributed by atoms with E-state index in [9.17, 15) is 4.79 Å². The van der Waals surface area contributed by atoms with Crippen LogP contribution < -0.4 is 0 Å². The van der Waals surface area contributed by atoms with Crippen molar-refractivity contribution < 1.29 is 13.9 Å². The predicted octanol–water partition coefficient (Wildman–Crippen LogP) is 3.49. The molecule has 0 bridgehead atoms. The molecule has 0 amide bonds. The highest BCUT2D eigenvalue weighted by Gasteiger charge is 2.26. The maximum Gasteiger partial charge on any atom is 0.374 e. The molecule has 0 N–H and O–H groups in total. The molecule has 3 rings (SSSR count). The van der Waals surface area contributed by atoms with Gasteiger partial charge in [0.05, 0.1) is 13.7 Å². The number of carbonyl (C=O) groups is 1. The Morgan fingerprint density at radius 2 is 2.18 bits per heavy atom. The third-order valence-corrected chi connectivity index (χ3v) is 4.38. The number of aryl methyl sites for hydroxylation is 2. The van der Waals surface area contributed by atoms with Crippen LogP contribution in [0.2, 0.25) is 0 Å². The van der Waals surface area contributed by atoms with Crippen molar-refractivity contribution in [2.24, 2.45) is 0 Å². The fourth-order valence-electron chi connectivity index (χ4n) is 3.27. The lowest BCUT2D eigenvalue weighted by atomic mass is 10.1. The summed E-state index contributed by atoms with van der Waals surface area (Å²) in [6, 6.07) is 10.9. The summed E-state index contributed by atoms with van der Waals surface area (Å²) in [6.07, 6.45) is 2.25. The zero-order chi connectivity index (χ0) is 15.7. The molecule has 1 aromatic heterocycles. The van der Waals surface area contributed by atoms with Crippen molar-refractivity contribution in [2.75, 3.05) is 14.2 Å². The van der Waals surface area contributed by atoms with E-state index in [1.54, 1.807) is 0 Å². The molecule has 22 heavy (non-hydrogen) atoms. The Kier molecular flexibility index (Phi) is 4.03. The van der Waals surface area contributed by atoms with Crippen LogP contribution in [-0.4, -0.2) is 25.0 Å². The lowest BCUT2D eigenvalue weighted by Crippen LogP contribution is -2.22. The Morgan fingerprint density at radius 3 is 2.95 bits per heavy atom. The zero-order valence-corrected chi connectivity index (χ0v) is 13.3. The van der Waals surface area contributed by atoms with Crippen LogP contribution in [0.5, 0.6) is 0 Å². The van der Waals surface area contributed by atoms with Gasteiger partial charge in [0.25, 0.3) is 0 Å². The lowest BCUT2D eigenvalue weighted by molar-refractivity contribution is 0.0559. The summed E-state index contributed by atoms with van der Waals surface area (Å²) in [4.78, 5) is 13.9. The summed E-state index contributed by atoms with van der Waals surface area (Å²) in [5.74, 6) is 0.681. The fraction of sp³-hybridized carbons (Fsp3) is 0.389. The van der Waals surface area contributed by atoms with Crippen molar-refractivity contribution in [1.29, 1.82) is 0 Å². The summed E-state index contributed by atoms with van der Waals surface area (Å²) < 4.78 is 10.4. The van der Waals surface area contributed by atoms with Gasteiger partial charge < -0.3 is 9.15 Å². The Morgan fingerprint density at radius 1 is 1.41 bits per heavy atom. The highest BCUT2D eigenvalue weighted by molar-refractivity contribution is 5.87. The minimum absolute atomic E-state index is 0.303. The highest BCUT2D eigenvalue weighted by atomic mass is 16.5. The van der Waals surface area contributed by atoms with Gasteiger partial charge in [-0.05, 0) is 44.0 Å². The van der Waals surface area contributed by atoms with E-state index in [1.807, 2.05) is 13.0 Å². The van der Waals surface area contributed by atoms with Gasteiger partial charge in [0.2, 0.25) is 5.76 Å². The van der Waals surface area contributed by atoms with Gasteiger partial charge in [-0.2, -0.15) is 0 Å². The number of carbonyl (C=O) groups excluding carboxylic acids is 1. The van der Waals surface area contributed by atoms with Crippen molar-refractivity contribution in [3.8, 4) is 0 Å². The van der Waals surface area contributed by atoms with Crippen LogP contribution in [0.3, 0.4) is 0 Å². The molecule has 1 aliphatic carbocycles. The number of hydrogen-bond donors (Lipinski definition) is 0. The van der Waals surface area contributed by atoms with Crippen LogP contribution in [0.4, 0.5) is 0 Å². The van der Waals surface area contributed by atoms with Gasteiger partial charge in [-0.3, -0.25) is 4.90 Å². The van der Waals surface area contributed by atoms with E-state index in [0.717, 1.165) is 24.2 Å². The van der Waals surface area contributed by atoms with E-state index in [-0.39, 0.29) is 0 Å². The zero-order valence-electron chi connectivity index (χ0n) is 13.3. The largest absolute Gasteiger partial charge is 0.463 e. The van der Waals surface area contributed by atoms with Gasteiger partial charge in [0.1, 0.15) is 5.76 Å². The van der Waals surface area contributed by atoms with E-state index in [1.165, 1.54) is 18.2 Å². The molecule has 4 heteroatoms. The Labute approximate surface area is 130 Å². The lowest BCUT2D eigenvalue weighted by Gasteiger charge is -2.24. The third-order valence-electron chi connectivity index (χ3n) is 4.38. The van der Waals surface area contributed by atoms with Crippen molar-refractivity contribution in [2.45, 2.75) is 32.4 Å². The predicted molar refractivity (Wildman–Crippen MR) is 83.8 cm³/mol. The average molecular weight is 299 g/mol. The first-order valence-corrected chi connectivity index (χ1v) is 7.56. The van der Waals surface area contributed by atoms with E-state index >= 15 is 0 Å². The molecular formula is C18H21NO3. The minimum atomic E-state index is -0.419. The number of furan rings is 1. The van der Waals surface area contributed by atoms with Crippen LogP contribution in [0.1, 0.15) is 45.5 Å². The normalized spacial score (nSPS) is 16.8. The van der Waals surface area contributed by atoms with Crippen molar-refractivity contribution >= 4 is 5.97 Å². The smallest absolute Gasteiger partial charge is 0.374 e. The average Bonchev–Trinajstić information content (AvgIpc) is 3.10. The first-order chi connectivity index (χ1) is 10.6. The van der Waals surface area contributed by atoms with Crippen molar-refractivity contribution in [3.05, 3.63) is 58.5 Å². The first kappa shape index (κ1) is 14.9. The molecule has 116 valence electrons. The number of fused-ring (bicyclic) bond motifs is 1. The molecule has 0 spiro atoms. The second-order valence-corrected chi connectivity index (χ2v) is 5.88. The molecule has 1 aliphatic rings. The topological polar surface area (TPSA) is 42.7 Å². The second-order valence-electron chi connectivity index (χ2n) is 5.88. The molecule has 0 unspecified atom stereocenters. The Bertz CT molecular complexity index is 689. The summed E-state index contributed by atoms with van der Waals surface area (Å²) in [7, 11) is 3.47. The second kappa shape index (κ2) is 5.97. The van der Waals surface area contributed by atoms with E-state index < -0.39 is 5.97 Å². The quantitative estimate of drug-likeness (QED) is 0.810. The Hall–Kier alpha value is -2.07. The minimum Gasteiger partial charge on any atom is -0.463 e. The molecule has 0 radical (unpaired) electrons. The van der Waals surface area contributed by atoms with E-state index in [4.69, 9.17) is 9.15 Å². The molecule has 0 saturated carbocycles. The van der Waals surface area contributed by atoms with Gasteiger partial charge >= 0.3 is 5.97 Å². The van der Waals surface area contributed by atoms with Gasteiger partial charge in [-0.1, -0.05) is 24.3 Å². The first-order valence-electron chi connectivity index (χ1n) is 7.56. The van der Waals surface area contributed by atoms with Gasteiger partial charge in [0, 0.05) is 11.6 Å². The molecule has 0 fully saturated rings. The van der Waals surface area contributed by atoms with Crippen LogP contribution in [0.25, 0.3) is 0 Å². The molecule has 4 nitrogen and oxygen atoms in total. The number of methoxy groups -OCH3 is 1. The van der Waals surface area contributed by atoms with Crippen molar-refractivity contribution in [3.63, 3.8) is 0 Å². The molecule has 1 atom stereocenters. The number of nitrogens with zero attached hydrogens (tertiary/aromatic N) is 1. The van der Waals surface area contributed by atoms with Crippen LogP contribution in [0.15, 0.2) is 34.7 Å². The number of esters is 1. The summed E-state index contributed by atoms with van der Waals surface area (Å²) in [5, 5.41) is 0. The van der Waals surface area contributed by atoms with Crippen LogP contribution in [-0.2, 0) is 17.7 Å². The van der Waals surface area contributed by atoms with Gasteiger partial charge in [-0.25, -0.2) is 4.79 Å². The van der Waals surface area contributed by atoms with Crippen LogP contribution >= 0.6 is 0 Å².